The van der Waals surface area contributed by atoms with Gasteiger partial charge in [0.1, 0.15) is 11.6 Å². The molecule has 5 heteroatoms. The van der Waals surface area contributed by atoms with Crippen LogP contribution in [-0.4, -0.2) is 0 Å². The van der Waals surface area contributed by atoms with Gasteiger partial charge in [0.05, 0.1) is 6.04 Å². The minimum Gasteiger partial charge on any atom is -0.271 e. The lowest BCUT2D eigenvalue weighted by Crippen LogP contribution is -2.28. The number of rotatable bonds is 3. The van der Waals surface area contributed by atoms with E-state index in [1.807, 2.05) is 12.1 Å². The first-order valence-electron chi connectivity index (χ1n) is 6.49. The van der Waals surface area contributed by atoms with E-state index < -0.39 is 0 Å². The Morgan fingerprint density at radius 1 is 1.10 bits per heavy atom. The molecule has 1 heterocycles. The number of nitrogens with one attached hydrogen (secondary N) is 1. The first-order chi connectivity index (χ1) is 10.1. The Labute approximate surface area is 125 Å². The Kier molecular flexibility index (Phi) is 3.71. The van der Waals surface area contributed by atoms with Crippen LogP contribution in [0.5, 0.6) is 0 Å². The number of fused-ring (bicyclic) bond motifs is 1. The van der Waals surface area contributed by atoms with Crippen LogP contribution in [0.2, 0.25) is 0 Å². The van der Waals surface area contributed by atoms with Crippen molar-refractivity contribution in [2.75, 3.05) is 0 Å². The molecule has 2 aromatic carbocycles. The van der Waals surface area contributed by atoms with E-state index in [1.165, 1.54) is 29.5 Å². The fourth-order valence-corrected chi connectivity index (χ4v) is 3.48. The quantitative estimate of drug-likeness (QED) is 0.566. The number of nitrogens with two attached hydrogens (primary N) is 1. The number of hydrogen-bond acceptors (Lipinski definition) is 3. The molecule has 1 atom stereocenters. The molecule has 3 rings (SSSR count). The molecule has 21 heavy (non-hydrogen) atoms. The van der Waals surface area contributed by atoms with E-state index in [1.54, 1.807) is 19.1 Å². The third-order valence-corrected chi connectivity index (χ3v) is 4.64. The Morgan fingerprint density at radius 3 is 2.62 bits per heavy atom. The molecule has 0 aliphatic heterocycles. The highest BCUT2D eigenvalue weighted by Gasteiger charge is 2.16. The van der Waals surface area contributed by atoms with Gasteiger partial charge in [-0.1, -0.05) is 18.2 Å². The summed E-state index contributed by atoms with van der Waals surface area (Å²) in [5, 5.41) is 0.948. The second-order valence-electron chi connectivity index (χ2n) is 4.94. The fraction of sp³-hybridized carbons (Fsp3) is 0.125. The molecule has 3 N–H and O–H groups in total. The topological polar surface area (TPSA) is 38.0 Å². The van der Waals surface area contributed by atoms with E-state index in [0.29, 0.717) is 5.56 Å². The molecule has 0 fully saturated rings. The summed E-state index contributed by atoms with van der Waals surface area (Å²) < 4.78 is 27.8. The van der Waals surface area contributed by atoms with Crippen molar-refractivity contribution in [1.29, 1.82) is 0 Å². The zero-order valence-electron chi connectivity index (χ0n) is 11.4. The molecule has 0 saturated carbocycles. The summed E-state index contributed by atoms with van der Waals surface area (Å²) in [4.78, 5) is 0.918. The predicted molar refractivity (Wildman–Crippen MR) is 82.1 cm³/mol. The van der Waals surface area contributed by atoms with Gasteiger partial charge in [-0.15, -0.1) is 11.3 Å². The van der Waals surface area contributed by atoms with Gasteiger partial charge in [-0.3, -0.25) is 5.84 Å². The summed E-state index contributed by atoms with van der Waals surface area (Å²) in [5.74, 6) is 5.10. The second kappa shape index (κ2) is 5.52. The molecule has 0 spiro atoms. The van der Waals surface area contributed by atoms with Crippen LogP contribution < -0.4 is 11.3 Å². The van der Waals surface area contributed by atoms with Crippen molar-refractivity contribution in [3.05, 3.63) is 70.1 Å². The molecule has 1 unspecified atom stereocenters. The largest absolute Gasteiger partial charge is 0.271 e. The van der Waals surface area contributed by atoms with Crippen LogP contribution in [-0.2, 0) is 0 Å². The number of hydrazine groups is 1. The van der Waals surface area contributed by atoms with Crippen LogP contribution in [0.25, 0.3) is 10.1 Å². The lowest BCUT2D eigenvalue weighted by Gasteiger charge is -2.15. The molecule has 0 saturated heterocycles. The van der Waals surface area contributed by atoms with Crippen molar-refractivity contribution < 1.29 is 8.78 Å². The summed E-state index contributed by atoms with van der Waals surface area (Å²) in [6.07, 6.45) is 0. The van der Waals surface area contributed by atoms with E-state index >= 15 is 0 Å². The summed E-state index contributed by atoms with van der Waals surface area (Å²) >= 11 is 1.44. The van der Waals surface area contributed by atoms with Gasteiger partial charge in [0.15, 0.2) is 0 Å². The number of benzene rings is 2. The molecule has 0 bridgehead atoms. The van der Waals surface area contributed by atoms with E-state index in [9.17, 15) is 8.78 Å². The first kappa shape index (κ1) is 14.1. The second-order valence-corrected chi connectivity index (χ2v) is 6.05. The zero-order chi connectivity index (χ0) is 15.0. The maximum atomic E-state index is 13.7. The molecule has 2 nitrogen and oxygen atoms in total. The van der Waals surface area contributed by atoms with Crippen LogP contribution in [0.3, 0.4) is 0 Å². The van der Waals surface area contributed by atoms with Gasteiger partial charge in [-0.25, -0.2) is 14.2 Å². The third kappa shape index (κ3) is 2.68. The number of halogens is 2. The SMILES string of the molecule is Cc1ccc(C(NN)c2cc3ccc(F)cc3s2)cc1F. The summed E-state index contributed by atoms with van der Waals surface area (Å²) in [6.45, 7) is 1.71. The maximum absolute atomic E-state index is 13.7. The minimum absolute atomic E-state index is 0.264. The zero-order valence-corrected chi connectivity index (χ0v) is 12.2. The van der Waals surface area contributed by atoms with Crippen molar-refractivity contribution in [2.45, 2.75) is 13.0 Å². The van der Waals surface area contributed by atoms with E-state index in [0.717, 1.165) is 20.5 Å². The summed E-state index contributed by atoms with van der Waals surface area (Å²) in [7, 11) is 0. The van der Waals surface area contributed by atoms with Crippen LogP contribution in [0.15, 0.2) is 42.5 Å². The average molecular weight is 304 g/mol. The fourth-order valence-electron chi connectivity index (χ4n) is 2.30. The number of aryl methyl sites for hydroxylation is 1. The molecule has 3 aromatic rings. The van der Waals surface area contributed by atoms with Gasteiger partial charge >= 0.3 is 0 Å². The van der Waals surface area contributed by atoms with Crippen molar-refractivity contribution in [3.63, 3.8) is 0 Å². The predicted octanol–water partition coefficient (Wildman–Crippen LogP) is 4.04. The highest BCUT2D eigenvalue weighted by atomic mass is 32.1. The molecule has 0 aliphatic carbocycles. The number of thiophene rings is 1. The monoisotopic (exact) mass is 304 g/mol. The lowest BCUT2D eigenvalue weighted by atomic mass is 10.0. The van der Waals surface area contributed by atoms with Crippen LogP contribution in [0.4, 0.5) is 8.78 Å². The Morgan fingerprint density at radius 2 is 1.90 bits per heavy atom. The van der Waals surface area contributed by atoms with Crippen molar-refractivity contribution in [3.8, 4) is 0 Å². The molecular weight excluding hydrogens is 290 g/mol. The van der Waals surface area contributed by atoms with Crippen molar-refractivity contribution >= 4 is 21.4 Å². The van der Waals surface area contributed by atoms with Gasteiger partial charge in [0.2, 0.25) is 0 Å². The van der Waals surface area contributed by atoms with E-state index in [2.05, 4.69) is 5.43 Å². The van der Waals surface area contributed by atoms with Crippen molar-refractivity contribution in [1.82, 2.24) is 5.43 Å². The highest BCUT2D eigenvalue weighted by molar-refractivity contribution is 7.19. The van der Waals surface area contributed by atoms with Gasteiger partial charge < -0.3 is 0 Å². The minimum atomic E-state index is -0.319. The van der Waals surface area contributed by atoms with E-state index in [4.69, 9.17) is 5.84 Å². The molecule has 0 radical (unpaired) electrons. The van der Waals surface area contributed by atoms with Gasteiger partial charge in [-0.05, 0) is 47.7 Å². The summed E-state index contributed by atoms with van der Waals surface area (Å²) in [6, 6.07) is 11.3. The van der Waals surface area contributed by atoms with Crippen LogP contribution in [0, 0.1) is 18.6 Å². The Hall–Kier alpha value is -1.82. The molecule has 108 valence electrons. The van der Waals surface area contributed by atoms with Gasteiger partial charge in [0, 0.05) is 9.58 Å². The van der Waals surface area contributed by atoms with Crippen molar-refractivity contribution in [2.24, 2.45) is 5.84 Å². The molecular formula is C16H14F2N2S. The van der Waals surface area contributed by atoms with Gasteiger partial charge in [-0.2, -0.15) is 0 Å². The average Bonchev–Trinajstić information content (AvgIpc) is 2.86. The Bertz CT molecular complexity index is 798. The van der Waals surface area contributed by atoms with Gasteiger partial charge in [0.25, 0.3) is 0 Å². The first-order valence-corrected chi connectivity index (χ1v) is 7.31. The van der Waals surface area contributed by atoms with Crippen LogP contribution >= 0.6 is 11.3 Å². The highest BCUT2D eigenvalue weighted by Crippen LogP contribution is 2.33. The normalized spacial score (nSPS) is 12.8. The number of hydrogen-bond donors (Lipinski definition) is 2. The third-order valence-electron chi connectivity index (χ3n) is 3.48. The standard InChI is InChI=1S/C16H14F2N2S/c1-9-2-3-11(6-13(9)18)16(20-19)15-7-10-4-5-12(17)8-14(10)21-15/h2-8,16,20H,19H2,1H3. The van der Waals surface area contributed by atoms with E-state index in [-0.39, 0.29) is 17.7 Å². The summed E-state index contributed by atoms with van der Waals surface area (Å²) in [5.41, 5.74) is 4.04. The molecule has 1 aromatic heterocycles. The molecule has 0 amide bonds. The Balaban J connectivity index is 2.06. The lowest BCUT2D eigenvalue weighted by molar-refractivity contribution is 0.602. The van der Waals surface area contributed by atoms with Crippen LogP contribution in [0.1, 0.15) is 22.0 Å². The molecule has 0 aliphatic rings. The maximum Gasteiger partial charge on any atom is 0.126 e. The smallest absolute Gasteiger partial charge is 0.126 e.